The number of carbonyl (C=O) groups is 1. The van der Waals surface area contributed by atoms with Crippen LogP contribution in [0.2, 0.25) is 0 Å². The summed E-state index contributed by atoms with van der Waals surface area (Å²) in [7, 11) is 0. The Morgan fingerprint density at radius 3 is 2.76 bits per heavy atom. The second kappa shape index (κ2) is 3.33. The van der Waals surface area contributed by atoms with Crippen LogP contribution in [0, 0.1) is 13.8 Å². The molecule has 0 unspecified atom stereocenters. The fourth-order valence-corrected chi connectivity index (χ4v) is 2.62. The summed E-state index contributed by atoms with van der Waals surface area (Å²) in [5, 5.41) is 2.99. The zero-order chi connectivity index (χ0) is 12.2. The summed E-state index contributed by atoms with van der Waals surface area (Å²) in [5.74, 6) is 0.105. The molecule has 1 aliphatic heterocycles. The number of hydrogen-bond acceptors (Lipinski definition) is 2. The van der Waals surface area contributed by atoms with Gasteiger partial charge >= 0.3 is 0 Å². The Morgan fingerprint density at radius 1 is 1.41 bits per heavy atom. The van der Waals surface area contributed by atoms with E-state index in [1.807, 2.05) is 0 Å². The summed E-state index contributed by atoms with van der Waals surface area (Å²) in [6.45, 7) is 4.24. The predicted octanol–water partition coefficient (Wildman–Crippen LogP) is 1.83. The number of carbonyl (C=O) groups excluding carboxylic acids is 1. The first-order valence-electron chi connectivity index (χ1n) is 6.19. The molecule has 3 rings (SSSR count). The average molecular weight is 230 g/mol. The maximum Gasteiger partial charge on any atom is 0.228 e. The highest BCUT2D eigenvalue weighted by atomic mass is 16.1. The third-order valence-electron chi connectivity index (χ3n) is 4.09. The average Bonchev–Trinajstić information content (AvgIpc) is 2.86. The molecule has 0 aromatic heterocycles. The molecule has 17 heavy (non-hydrogen) atoms. The smallest absolute Gasteiger partial charge is 0.228 e. The van der Waals surface area contributed by atoms with E-state index in [2.05, 4.69) is 25.2 Å². The summed E-state index contributed by atoms with van der Waals surface area (Å²) >= 11 is 0. The highest BCUT2D eigenvalue weighted by Gasteiger charge is 2.40. The van der Waals surface area contributed by atoms with Gasteiger partial charge in [0, 0.05) is 11.2 Å². The number of hydrogen-bond donors (Lipinski definition) is 2. The Morgan fingerprint density at radius 2 is 2.12 bits per heavy atom. The maximum absolute atomic E-state index is 11.5. The molecule has 0 atom stereocenters. The zero-order valence-electron chi connectivity index (χ0n) is 10.4. The van der Waals surface area contributed by atoms with Gasteiger partial charge in [-0.2, -0.15) is 0 Å². The highest BCUT2D eigenvalue weighted by Crippen LogP contribution is 2.41. The minimum absolute atomic E-state index is 0.0142. The molecule has 1 aromatic carbocycles. The van der Waals surface area contributed by atoms with Gasteiger partial charge in [-0.15, -0.1) is 0 Å². The van der Waals surface area contributed by atoms with Crippen molar-refractivity contribution in [3.05, 3.63) is 28.3 Å². The SMILES string of the molecule is Cc1cc2c(c(CC3(N)CC3)c1C)NC(=O)C2. The molecule has 90 valence electrons. The van der Waals surface area contributed by atoms with E-state index in [0.717, 1.165) is 30.5 Å². The Bertz CT molecular complexity index is 515. The molecule has 3 N–H and O–H groups in total. The van der Waals surface area contributed by atoms with Crippen LogP contribution in [0.4, 0.5) is 5.69 Å². The number of aryl methyl sites for hydroxylation is 1. The molecule has 1 fully saturated rings. The minimum atomic E-state index is -0.0142. The third-order valence-corrected chi connectivity index (χ3v) is 4.09. The van der Waals surface area contributed by atoms with Crippen molar-refractivity contribution in [3.8, 4) is 0 Å². The number of anilines is 1. The van der Waals surface area contributed by atoms with E-state index in [0.29, 0.717) is 6.42 Å². The molecule has 0 radical (unpaired) electrons. The van der Waals surface area contributed by atoms with Crippen LogP contribution in [-0.2, 0) is 17.6 Å². The molecule has 0 spiro atoms. The number of nitrogens with two attached hydrogens (primary N) is 1. The quantitative estimate of drug-likeness (QED) is 0.814. The van der Waals surface area contributed by atoms with Gasteiger partial charge < -0.3 is 11.1 Å². The fourth-order valence-electron chi connectivity index (χ4n) is 2.62. The van der Waals surface area contributed by atoms with Crippen molar-refractivity contribution in [1.82, 2.24) is 0 Å². The molecule has 0 saturated heterocycles. The van der Waals surface area contributed by atoms with E-state index in [9.17, 15) is 4.79 Å². The number of benzene rings is 1. The van der Waals surface area contributed by atoms with Gasteiger partial charge in [0.05, 0.1) is 6.42 Å². The van der Waals surface area contributed by atoms with Gasteiger partial charge in [-0.25, -0.2) is 0 Å². The highest BCUT2D eigenvalue weighted by molar-refractivity contribution is 6.00. The lowest BCUT2D eigenvalue weighted by atomic mass is 9.92. The van der Waals surface area contributed by atoms with Crippen LogP contribution in [-0.4, -0.2) is 11.4 Å². The number of fused-ring (bicyclic) bond motifs is 1. The molecule has 3 heteroatoms. The van der Waals surface area contributed by atoms with Gasteiger partial charge in [-0.1, -0.05) is 6.07 Å². The van der Waals surface area contributed by atoms with Crippen LogP contribution in [0.25, 0.3) is 0 Å². The number of amides is 1. The van der Waals surface area contributed by atoms with Crippen molar-refractivity contribution < 1.29 is 4.79 Å². The zero-order valence-corrected chi connectivity index (χ0v) is 10.4. The monoisotopic (exact) mass is 230 g/mol. The Kier molecular flexibility index (Phi) is 2.11. The van der Waals surface area contributed by atoms with Gasteiger partial charge in [0.1, 0.15) is 0 Å². The first-order chi connectivity index (χ1) is 7.98. The normalized spacial score (nSPS) is 20.1. The Hall–Kier alpha value is -1.35. The molecule has 1 aliphatic carbocycles. The van der Waals surface area contributed by atoms with Crippen LogP contribution < -0.4 is 11.1 Å². The van der Waals surface area contributed by atoms with Gasteiger partial charge in [0.25, 0.3) is 0 Å². The van der Waals surface area contributed by atoms with Gasteiger partial charge in [0.2, 0.25) is 5.91 Å². The van der Waals surface area contributed by atoms with Gasteiger partial charge in [0.15, 0.2) is 0 Å². The van der Waals surface area contributed by atoms with E-state index in [1.54, 1.807) is 0 Å². The first-order valence-corrected chi connectivity index (χ1v) is 6.19. The van der Waals surface area contributed by atoms with Crippen molar-refractivity contribution in [2.24, 2.45) is 5.73 Å². The van der Waals surface area contributed by atoms with E-state index >= 15 is 0 Å². The van der Waals surface area contributed by atoms with Crippen molar-refractivity contribution >= 4 is 11.6 Å². The first kappa shape index (κ1) is 10.8. The molecule has 3 nitrogen and oxygen atoms in total. The maximum atomic E-state index is 11.5. The summed E-state index contributed by atoms with van der Waals surface area (Å²) in [4.78, 5) is 11.5. The van der Waals surface area contributed by atoms with Crippen LogP contribution in [0.15, 0.2) is 6.07 Å². The Labute approximate surface area is 101 Å². The largest absolute Gasteiger partial charge is 0.325 e. The molecule has 1 heterocycles. The van der Waals surface area contributed by atoms with Crippen molar-refractivity contribution in [1.29, 1.82) is 0 Å². The molecule has 0 bridgehead atoms. The summed E-state index contributed by atoms with van der Waals surface area (Å²) < 4.78 is 0. The lowest BCUT2D eigenvalue weighted by Gasteiger charge is -2.17. The second-order valence-electron chi connectivity index (χ2n) is 5.60. The van der Waals surface area contributed by atoms with Crippen molar-refractivity contribution in [2.45, 2.75) is 45.1 Å². The number of nitrogens with one attached hydrogen (secondary N) is 1. The minimum Gasteiger partial charge on any atom is -0.325 e. The summed E-state index contributed by atoms with van der Waals surface area (Å²) in [5.41, 5.74) is 12.2. The van der Waals surface area contributed by atoms with Gasteiger partial charge in [-0.05, 0) is 55.4 Å². The molecular weight excluding hydrogens is 212 g/mol. The molecule has 1 amide bonds. The lowest BCUT2D eigenvalue weighted by molar-refractivity contribution is -0.115. The topological polar surface area (TPSA) is 55.1 Å². The molecule has 1 aromatic rings. The van der Waals surface area contributed by atoms with E-state index in [4.69, 9.17) is 5.73 Å². The van der Waals surface area contributed by atoms with Crippen molar-refractivity contribution in [3.63, 3.8) is 0 Å². The summed E-state index contributed by atoms with van der Waals surface area (Å²) in [6, 6.07) is 2.13. The molecule has 2 aliphatic rings. The van der Waals surface area contributed by atoms with Crippen LogP contribution in [0.3, 0.4) is 0 Å². The summed E-state index contributed by atoms with van der Waals surface area (Å²) in [6.07, 6.45) is 3.61. The van der Waals surface area contributed by atoms with Crippen molar-refractivity contribution in [2.75, 3.05) is 5.32 Å². The molecular formula is C14H18N2O. The van der Waals surface area contributed by atoms with Gasteiger partial charge in [-0.3, -0.25) is 4.79 Å². The van der Waals surface area contributed by atoms with E-state index in [1.165, 1.54) is 16.7 Å². The second-order valence-corrected chi connectivity index (χ2v) is 5.60. The van der Waals surface area contributed by atoms with Crippen LogP contribution in [0.5, 0.6) is 0 Å². The standard InChI is InChI=1S/C14H18N2O/c1-8-5-10-6-12(17)16-13(10)11(9(8)2)7-14(15)3-4-14/h5H,3-4,6-7,15H2,1-2H3,(H,16,17). The van der Waals surface area contributed by atoms with E-state index in [-0.39, 0.29) is 11.4 Å². The Balaban J connectivity index is 2.09. The lowest BCUT2D eigenvalue weighted by Crippen LogP contribution is -2.25. The van der Waals surface area contributed by atoms with E-state index < -0.39 is 0 Å². The van der Waals surface area contributed by atoms with Crippen LogP contribution in [0.1, 0.15) is 35.1 Å². The van der Waals surface area contributed by atoms with Crippen LogP contribution >= 0.6 is 0 Å². The molecule has 1 saturated carbocycles. The predicted molar refractivity (Wildman–Crippen MR) is 68.1 cm³/mol. The fraction of sp³-hybridized carbons (Fsp3) is 0.500. The number of rotatable bonds is 2. The third kappa shape index (κ3) is 1.75.